The summed E-state index contributed by atoms with van der Waals surface area (Å²) >= 11 is 0. The zero-order valence-electron chi connectivity index (χ0n) is 28.2. The van der Waals surface area contributed by atoms with Gasteiger partial charge in [-0.2, -0.15) is 0 Å². The first-order chi connectivity index (χ1) is 20.5. The average Bonchev–Trinajstić information content (AvgIpc) is 3.70. The van der Waals surface area contributed by atoms with Crippen LogP contribution in [0, 0.1) is 59.2 Å². The van der Waals surface area contributed by atoms with Gasteiger partial charge in [0.25, 0.3) is 0 Å². The summed E-state index contributed by atoms with van der Waals surface area (Å²) in [7, 11) is 0. The Hall–Kier alpha value is -0.514. The molecule has 3 N–H and O–H groups in total. The van der Waals surface area contributed by atoms with Crippen LogP contribution in [0.5, 0.6) is 0 Å². The molecule has 242 valence electrons. The van der Waals surface area contributed by atoms with E-state index in [1.54, 1.807) is 0 Å². The Morgan fingerprint density at radius 3 is 2.27 bits per heavy atom. The molecule has 8 bridgehead atoms. The molecule has 5 aliphatic heterocycles. The third-order valence-corrected chi connectivity index (χ3v) is 13.5. The second-order valence-corrected chi connectivity index (χ2v) is 16.1. The van der Waals surface area contributed by atoms with E-state index in [1.807, 2.05) is 0 Å². The molecule has 0 aromatic rings. The fraction of sp³-hybridized carbons (Fsp3) is 0.889. The van der Waals surface area contributed by atoms with Gasteiger partial charge in [-0.05, 0) is 60.2 Å². The van der Waals surface area contributed by atoms with Crippen molar-refractivity contribution in [3.63, 3.8) is 0 Å². The number of carbonyl (C=O) groups is 2. The summed E-state index contributed by atoms with van der Waals surface area (Å²) in [6.45, 7) is 18.4. The first kappa shape index (κ1) is 34.8. The van der Waals surface area contributed by atoms with E-state index in [-0.39, 0.29) is 83.5 Å². The maximum atomic E-state index is 13.8. The fourth-order valence-electron chi connectivity index (χ4n) is 11.3. The quantitative estimate of drug-likeness (QED) is 0.247. The monoisotopic (exact) mass is 618 g/mol. The van der Waals surface area contributed by atoms with Gasteiger partial charge in [-0.15, -0.1) is 30.7 Å². The molecule has 1 saturated carbocycles. The summed E-state index contributed by atoms with van der Waals surface area (Å²) in [6.07, 6.45) is 8.87. The second-order valence-electron chi connectivity index (χ2n) is 16.1. The van der Waals surface area contributed by atoms with Crippen molar-refractivity contribution in [1.82, 2.24) is 10.6 Å². The first-order valence-electron chi connectivity index (χ1n) is 17.8. The molecule has 0 aromatic carbocycles. The van der Waals surface area contributed by atoms with Crippen LogP contribution in [0.1, 0.15) is 92.9 Å². The molecule has 7 nitrogen and oxygen atoms in total. The Morgan fingerprint density at radius 1 is 0.955 bits per heavy atom. The number of carbonyl (C=O) groups excluding carboxylic acids is 1. The molecule has 5 heterocycles. The molecule has 0 aromatic heterocycles. The van der Waals surface area contributed by atoms with Gasteiger partial charge < -0.3 is 26.4 Å². The van der Waals surface area contributed by atoms with Crippen LogP contribution in [0.2, 0.25) is 0 Å². The van der Waals surface area contributed by atoms with Crippen molar-refractivity contribution in [3.05, 3.63) is 23.3 Å². The van der Waals surface area contributed by atoms with Gasteiger partial charge in [-0.25, -0.2) is 0 Å². The van der Waals surface area contributed by atoms with Crippen LogP contribution in [0.25, 0.3) is 10.6 Å². The van der Waals surface area contributed by atoms with E-state index in [0.717, 1.165) is 25.7 Å². The molecular formula is C36H58MgN4O3. The number of fused-ring (bicyclic) bond motifs is 8. The van der Waals surface area contributed by atoms with Gasteiger partial charge in [0.1, 0.15) is 5.78 Å². The normalized spacial score (nSPS) is 49.8. The molecule has 0 amide bonds. The number of ketones is 1. The molecule has 8 heteroatoms. The number of Topliss-reactive ketones (excluding diaryl/α,β-unsaturated/α-hetero) is 1. The number of rotatable bonds is 7. The first-order valence-corrected chi connectivity index (χ1v) is 17.8. The van der Waals surface area contributed by atoms with Crippen molar-refractivity contribution >= 4 is 34.8 Å². The van der Waals surface area contributed by atoms with E-state index >= 15 is 0 Å². The Balaban J connectivity index is 0.00000384. The van der Waals surface area contributed by atoms with Gasteiger partial charge in [-0.3, -0.25) is 9.59 Å². The summed E-state index contributed by atoms with van der Waals surface area (Å²) in [5.74, 6) is 3.43. The van der Waals surface area contributed by atoms with Gasteiger partial charge >= 0.3 is 29.0 Å². The summed E-state index contributed by atoms with van der Waals surface area (Å²) in [5.41, 5.74) is 0. The van der Waals surface area contributed by atoms with Gasteiger partial charge in [0, 0.05) is 42.9 Å². The van der Waals surface area contributed by atoms with Crippen LogP contribution in [0.15, 0.2) is 12.7 Å². The molecule has 6 rings (SSSR count). The number of aliphatic carboxylic acids is 1. The molecule has 1 aliphatic carbocycles. The second kappa shape index (κ2) is 13.9. The summed E-state index contributed by atoms with van der Waals surface area (Å²) in [5, 5.41) is 29.0. The average molecular weight is 619 g/mol. The number of nitrogens with zero attached hydrogens (tertiary/aromatic N) is 2. The van der Waals surface area contributed by atoms with E-state index in [0.29, 0.717) is 72.1 Å². The Kier molecular flexibility index (Phi) is 11.0. The molecule has 15 unspecified atom stereocenters. The summed E-state index contributed by atoms with van der Waals surface area (Å²) < 4.78 is 0. The van der Waals surface area contributed by atoms with Gasteiger partial charge in [-0.1, -0.05) is 79.2 Å². The minimum atomic E-state index is -0.728. The minimum Gasteiger partial charge on any atom is -0.656 e. The Bertz CT molecular complexity index is 1060. The van der Waals surface area contributed by atoms with Gasteiger partial charge in [0.15, 0.2) is 0 Å². The van der Waals surface area contributed by atoms with Crippen molar-refractivity contribution < 1.29 is 14.7 Å². The van der Waals surface area contributed by atoms with Crippen molar-refractivity contribution in [2.75, 3.05) is 0 Å². The van der Waals surface area contributed by atoms with Crippen LogP contribution in [0.4, 0.5) is 0 Å². The van der Waals surface area contributed by atoms with Crippen LogP contribution in [-0.2, 0) is 9.59 Å². The molecule has 44 heavy (non-hydrogen) atoms. The summed E-state index contributed by atoms with van der Waals surface area (Å²) in [4.78, 5) is 25.5. The predicted molar refractivity (Wildman–Crippen MR) is 178 cm³/mol. The number of carboxylic acids is 1. The smallest absolute Gasteiger partial charge is 0.656 e. The molecule has 0 radical (unpaired) electrons. The number of hydrogen-bond acceptors (Lipinski definition) is 4. The van der Waals surface area contributed by atoms with E-state index < -0.39 is 5.97 Å². The van der Waals surface area contributed by atoms with Gasteiger partial charge in [0.05, 0.1) is 0 Å². The Labute approximate surface area is 282 Å². The third kappa shape index (κ3) is 6.23. The van der Waals surface area contributed by atoms with Crippen LogP contribution >= 0.6 is 0 Å². The molecule has 0 spiro atoms. The largest absolute Gasteiger partial charge is 2.00 e. The number of hydrogen-bond donors (Lipinski definition) is 3. The maximum Gasteiger partial charge on any atom is 2.00 e. The predicted octanol–water partition coefficient (Wildman–Crippen LogP) is 5.80. The van der Waals surface area contributed by atoms with Crippen LogP contribution < -0.4 is 10.6 Å². The van der Waals surface area contributed by atoms with E-state index in [2.05, 4.69) is 64.8 Å². The van der Waals surface area contributed by atoms with Crippen molar-refractivity contribution in [3.8, 4) is 0 Å². The zero-order chi connectivity index (χ0) is 30.7. The van der Waals surface area contributed by atoms with E-state index in [4.69, 9.17) is 10.6 Å². The minimum absolute atomic E-state index is 0. The summed E-state index contributed by atoms with van der Waals surface area (Å²) in [6, 6.07) is 2.09. The van der Waals surface area contributed by atoms with Crippen molar-refractivity contribution in [2.24, 2.45) is 59.2 Å². The maximum absolute atomic E-state index is 13.8. The topological polar surface area (TPSA) is 107 Å². The van der Waals surface area contributed by atoms with Crippen molar-refractivity contribution in [1.29, 1.82) is 0 Å². The zero-order valence-corrected chi connectivity index (χ0v) is 29.6. The fourth-order valence-corrected chi connectivity index (χ4v) is 11.3. The molecule has 6 aliphatic rings. The standard InChI is InChI=1S/C36H58N4O3.Mg/c1-8-21-18(5)26-14-28-19(6)23(10-11-33(42)43)35(39-28)25-13-32(41)34-22(9-2)30(40-36(25)34)16-31-24(12-17(3)4)20(7)27(38-31)15-29(21)37-26;/h8,17-31,34-36,38-39H,1,9-16H2,2-7H3,(H,42,43);/q-2;+2/t18?,19-,20?,21?,22?,23-,24?,25?,26?,27?,28?,29?,30?,31?,34?,35?,36?;/m0./s1. The molecule has 5 saturated heterocycles. The van der Waals surface area contributed by atoms with E-state index in [9.17, 15) is 14.7 Å². The SMILES string of the molecule is C=CC1C2CC3NC(CC4[N-]C5C(CC(=O)C5C4CC)C4NC(CC([N-]2)C1C)[C@@H](C)[C@@H]4CCC(=O)O)C(CC(C)C)C3C.[Mg+2]. The number of carboxylic acid groups (broad SMARTS) is 1. The van der Waals surface area contributed by atoms with Crippen LogP contribution in [-0.4, -0.2) is 88.2 Å². The third-order valence-electron chi connectivity index (χ3n) is 13.5. The number of nitrogens with one attached hydrogen (secondary N) is 2. The van der Waals surface area contributed by atoms with Crippen molar-refractivity contribution in [2.45, 2.75) is 141 Å². The van der Waals surface area contributed by atoms with Gasteiger partial charge in [0.2, 0.25) is 0 Å². The van der Waals surface area contributed by atoms with E-state index in [1.165, 1.54) is 6.42 Å². The molecular weight excluding hydrogens is 561 g/mol. The molecule has 6 fully saturated rings. The Morgan fingerprint density at radius 2 is 1.61 bits per heavy atom. The van der Waals surface area contributed by atoms with Crippen LogP contribution in [0.3, 0.4) is 0 Å². The molecule has 17 atom stereocenters.